The number of nitrogens with one attached hydrogen (secondary N) is 1. The quantitative estimate of drug-likeness (QED) is 0.705. The second kappa shape index (κ2) is 4.09. The summed E-state index contributed by atoms with van der Waals surface area (Å²) in [6.07, 6.45) is 4.91. The fourth-order valence-electron chi connectivity index (χ4n) is 2.94. The summed E-state index contributed by atoms with van der Waals surface area (Å²) in [5.74, 6) is 0. The maximum atomic E-state index is 4.28. The summed E-state index contributed by atoms with van der Waals surface area (Å²) in [6, 6.07) is 15.0. The summed E-state index contributed by atoms with van der Waals surface area (Å²) < 4.78 is 0. The van der Waals surface area contributed by atoms with Crippen molar-refractivity contribution in [2.45, 2.75) is 6.42 Å². The minimum atomic E-state index is 1.04. The molecule has 0 radical (unpaired) electrons. The van der Waals surface area contributed by atoms with Gasteiger partial charge in [-0.3, -0.25) is 4.98 Å². The van der Waals surface area contributed by atoms with Crippen LogP contribution in [0.15, 0.2) is 54.9 Å². The lowest BCUT2D eigenvalue weighted by Gasteiger charge is -2.10. The predicted molar refractivity (Wildman–Crippen MR) is 79.4 cm³/mol. The summed E-state index contributed by atoms with van der Waals surface area (Å²) in [6.45, 7) is 1.04. The highest BCUT2D eigenvalue weighted by atomic mass is 14.9. The molecule has 19 heavy (non-hydrogen) atoms. The van der Waals surface area contributed by atoms with Crippen molar-refractivity contribution in [1.82, 2.24) is 4.98 Å². The maximum Gasteiger partial charge on any atom is 0.0379 e. The van der Waals surface area contributed by atoms with Gasteiger partial charge in [-0.15, -0.1) is 0 Å². The predicted octanol–water partition coefficient (Wildman–Crippen LogP) is 3.87. The Kier molecular flexibility index (Phi) is 2.27. The van der Waals surface area contributed by atoms with Crippen molar-refractivity contribution in [2.75, 3.05) is 11.9 Å². The topological polar surface area (TPSA) is 24.9 Å². The molecule has 0 saturated carbocycles. The highest BCUT2D eigenvalue weighted by Gasteiger charge is 2.15. The van der Waals surface area contributed by atoms with Gasteiger partial charge in [0, 0.05) is 30.0 Å². The molecule has 0 spiro atoms. The van der Waals surface area contributed by atoms with Crippen molar-refractivity contribution in [3.05, 3.63) is 60.4 Å². The lowest BCUT2D eigenvalue weighted by Crippen LogP contribution is -1.90. The lowest BCUT2D eigenvalue weighted by atomic mass is 9.94. The van der Waals surface area contributed by atoms with Crippen molar-refractivity contribution in [2.24, 2.45) is 0 Å². The van der Waals surface area contributed by atoms with E-state index in [1.165, 1.54) is 33.2 Å². The summed E-state index contributed by atoms with van der Waals surface area (Å²) in [5.41, 5.74) is 5.32. The molecule has 4 rings (SSSR count). The summed E-state index contributed by atoms with van der Waals surface area (Å²) in [7, 11) is 0. The monoisotopic (exact) mass is 246 g/mol. The van der Waals surface area contributed by atoms with Crippen molar-refractivity contribution >= 4 is 16.5 Å². The van der Waals surface area contributed by atoms with Gasteiger partial charge in [0.2, 0.25) is 0 Å². The van der Waals surface area contributed by atoms with Gasteiger partial charge in [0.15, 0.2) is 0 Å². The number of fused-ring (bicyclic) bond motifs is 2. The van der Waals surface area contributed by atoms with Crippen LogP contribution < -0.4 is 5.32 Å². The zero-order chi connectivity index (χ0) is 12.7. The molecule has 1 N–H and O–H groups in total. The molecule has 1 aliphatic rings. The number of hydrogen-bond acceptors (Lipinski definition) is 2. The van der Waals surface area contributed by atoms with E-state index in [0.29, 0.717) is 0 Å². The van der Waals surface area contributed by atoms with Crippen LogP contribution in [0.25, 0.3) is 21.9 Å². The molecular weight excluding hydrogens is 232 g/mol. The zero-order valence-electron chi connectivity index (χ0n) is 10.6. The van der Waals surface area contributed by atoms with E-state index >= 15 is 0 Å². The Morgan fingerprint density at radius 3 is 2.84 bits per heavy atom. The Hall–Kier alpha value is -2.35. The van der Waals surface area contributed by atoms with Crippen LogP contribution in [-0.4, -0.2) is 11.5 Å². The SMILES string of the molecule is c1cc2c(c(-c3cccc4ccncc34)c1)CCN2. The molecule has 0 amide bonds. The minimum absolute atomic E-state index is 1.04. The lowest BCUT2D eigenvalue weighted by molar-refractivity contribution is 1.11. The fraction of sp³-hybridized carbons (Fsp3) is 0.118. The summed E-state index contributed by atoms with van der Waals surface area (Å²) >= 11 is 0. The highest BCUT2D eigenvalue weighted by Crippen LogP contribution is 2.36. The maximum absolute atomic E-state index is 4.28. The van der Waals surface area contributed by atoms with Crippen LogP contribution >= 0.6 is 0 Å². The average molecular weight is 246 g/mol. The molecule has 0 unspecified atom stereocenters. The van der Waals surface area contributed by atoms with Gasteiger partial charge in [0.25, 0.3) is 0 Å². The number of pyridine rings is 1. The molecule has 0 bridgehead atoms. The van der Waals surface area contributed by atoms with Crippen LogP contribution in [0.1, 0.15) is 5.56 Å². The molecule has 92 valence electrons. The minimum Gasteiger partial charge on any atom is -0.384 e. The van der Waals surface area contributed by atoms with E-state index in [2.05, 4.69) is 52.8 Å². The van der Waals surface area contributed by atoms with Crippen molar-refractivity contribution in [1.29, 1.82) is 0 Å². The molecule has 0 atom stereocenters. The molecule has 0 saturated heterocycles. The van der Waals surface area contributed by atoms with Crippen LogP contribution in [0.2, 0.25) is 0 Å². The molecule has 3 aromatic rings. The third kappa shape index (κ3) is 1.60. The Morgan fingerprint density at radius 2 is 1.84 bits per heavy atom. The van der Waals surface area contributed by atoms with E-state index < -0.39 is 0 Å². The van der Waals surface area contributed by atoms with Gasteiger partial charge in [0.1, 0.15) is 0 Å². The third-order valence-electron chi connectivity index (χ3n) is 3.84. The van der Waals surface area contributed by atoms with Crippen LogP contribution in [0.5, 0.6) is 0 Å². The van der Waals surface area contributed by atoms with E-state index in [0.717, 1.165) is 13.0 Å². The number of rotatable bonds is 1. The second-order valence-corrected chi connectivity index (χ2v) is 4.91. The van der Waals surface area contributed by atoms with Gasteiger partial charge in [-0.05, 0) is 40.6 Å². The number of nitrogens with zero attached hydrogens (tertiary/aromatic N) is 1. The first-order valence-corrected chi connectivity index (χ1v) is 6.62. The van der Waals surface area contributed by atoms with Gasteiger partial charge < -0.3 is 5.32 Å². The zero-order valence-corrected chi connectivity index (χ0v) is 10.6. The number of aromatic nitrogens is 1. The van der Waals surface area contributed by atoms with E-state index in [4.69, 9.17) is 0 Å². The first-order valence-electron chi connectivity index (χ1n) is 6.62. The van der Waals surface area contributed by atoms with Crippen molar-refractivity contribution in [3.63, 3.8) is 0 Å². The van der Waals surface area contributed by atoms with E-state index in [9.17, 15) is 0 Å². The van der Waals surface area contributed by atoms with Gasteiger partial charge in [-0.25, -0.2) is 0 Å². The average Bonchev–Trinajstić information content (AvgIpc) is 2.95. The van der Waals surface area contributed by atoms with Crippen LogP contribution in [-0.2, 0) is 6.42 Å². The number of anilines is 1. The normalized spacial score (nSPS) is 13.3. The molecule has 1 aliphatic heterocycles. The van der Waals surface area contributed by atoms with Gasteiger partial charge in [-0.2, -0.15) is 0 Å². The van der Waals surface area contributed by atoms with E-state index in [-0.39, 0.29) is 0 Å². The first kappa shape index (κ1) is 10.6. The van der Waals surface area contributed by atoms with Crippen LogP contribution in [0.3, 0.4) is 0 Å². The fourth-order valence-corrected chi connectivity index (χ4v) is 2.94. The van der Waals surface area contributed by atoms with Crippen LogP contribution in [0, 0.1) is 0 Å². The molecule has 2 aromatic carbocycles. The smallest absolute Gasteiger partial charge is 0.0379 e. The summed E-state index contributed by atoms with van der Waals surface area (Å²) in [4.78, 5) is 4.28. The molecule has 0 fully saturated rings. The van der Waals surface area contributed by atoms with Crippen LogP contribution in [0.4, 0.5) is 5.69 Å². The number of benzene rings is 2. The molecular formula is C17H14N2. The summed E-state index contributed by atoms with van der Waals surface area (Å²) in [5, 5.41) is 5.92. The molecule has 2 heterocycles. The van der Waals surface area contributed by atoms with Gasteiger partial charge in [0.05, 0.1) is 0 Å². The molecule has 1 aromatic heterocycles. The first-order chi connectivity index (χ1) is 9.43. The second-order valence-electron chi connectivity index (χ2n) is 4.91. The number of hydrogen-bond donors (Lipinski definition) is 1. The Morgan fingerprint density at radius 1 is 0.947 bits per heavy atom. The van der Waals surface area contributed by atoms with Gasteiger partial charge in [-0.1, -0.05) is 30.3 Å². The van der Waals surface area contributed by atoms with E-state index in [1.807, 2.05) is 12.4 Å². The standard InChI is InChI=1S/C17H14N2/c1-3-12-7-9-18-11-16(12)14(4-1)13-5-2-6-17-15(13)8-10-19-17/h1-7,9,11,19H,8,10H2. The third-order valence-corrected chi connectivity index (χ3v) is 3.84. The Bertz CT molecular complexity index is 757. The molecule has 0 aliphatic carbocycles. The molecule has 2 nitrogen and oxygen atoms in total. The van der Waals surface area contributed by atoms with Crippen molar-refractivity contribution < 1.29 is 0 Å². The van der Waals surface area contributed by atoms with E-state index in [1.54, 1.807) is 0 Å². The molecule has 2 heteroatoms. The van der Waals surface area contributed by atoms with Gasteiger partial charge >= 0.3 is 0 Å². The Balaban J connectivity index is 2.04. The Labute approximate surface area is 112 Å². The van der Waals surface area contributed by atoms with Crippen molar-refractivity contribution in [3.8, 4) is 11.1 Å². The largest absolute Gasteiger partial charge is 0.384 e. The highest BCUT2D eigenvalue weighted by molar-refractivity contribution is 5.97.